The molecule has 0 fully saturated rings. The van der Waals surface area contributed by atoms with Gasteiger partial charge in [-0.25, -0.2) is 0 Å². The molecule has 2 aromatic rings. The van der Waals surface area contributed by atoms with Crippen LogP contribution in [0.5, 0.6) is 0 Å². The molecule has 2 rings (SSSR count). The lowest BCUT2D eigenvalue weighted by molar-refractivity contribution is -0.116. The van der Waals surface area contributed by atoms with Gasteiger partial charge in [0.1, 0.15) is 11.3 Å². The van der Waals surface area contributed by atoms with Crippen LogP contribution in [0.25, 0.3) is 0 Å². The standard InChI is InChI=1S/C20H22N2O3/c1-13-8-10-15(11-9-13)19(21)18(20(25)22-2)17(24)12-16(23)14-6-4-3-5-7-14/h3-11,16,21,23-24H,12H2,1-2H3,(H,22,25). The van der Waals surface area contributed by atoms with Crippen LogP contribution in [-0.2, 0) is 4.79 Å². The van der Waals surface area contributed by atoms with Gasteiger partial charge in [-0.3, -0.25) is 10.2 Å². The van der Waals surface area contributed by atoms with Crippen molar-refractivity contribution in [1.82, 2.24) is 5.32 Å². The third-order valence-corrected chi connectivity index (χ3v) is 3.90. The summed E-state index contributed by atoms with van der Waals surface area (Å²) in [7, 11) is 1.44. The molecule has 1 unspecified atom stereocenters. The second-order valence-corrected chi connectivity index (χ2v) is 5.77. The molecule has 0 heterocycles. The summed E-state index contributed by atoms with van der Waals surface area (Å²) in [6.07, 6.45) is -1.12. The molecule has 0 aliphatic rings. The Morgan fingerprint density at radius 2 is 1.72 bits per heavy atom. The van der Waals surface area contributed by atoms with Gasteiger partial charge in [-0.1, -0.05) is 60.2 Å². The first-order valence-electron chi connectivity index (χ1n) is 7.97. The number of benzene rings is 2. The number of aryl methyl sites for hydroxylation is 1. The summed E-state index contributed by atoms with van der Waals surface area (Å²) in [6, 6.07) is 16.0. The molecule has 0 radical (unpaired) electrons. The first-order valence-corrected chi connectivity index (χ1v) is 7.97. The predicted molar refractivity (Wildman–Crippen MR) is 97.7 cm³/mol. The molecule has 130 valence electrons. The van der Waals surface area contributed by atoms with Gasteiger partial charge in [-0.15, -0.1) is 0 Å². The lowest BCUT2D eigenvalue weighted by Crippen LogP contribution is -2.27. The van der Waals surface area contributed by atoms with Gasteiger partial charge in [0.25, 0.3) is 5.91 Å². The minimum Gasteiger partial charge on any atom is -0.511 e. The van der Waals surface area contributed by atoms with Crippen molar-refractivity contribution < 1.29 is 15.0 Å². The Hall–Kier alpha value is -2.92. The number of carbonyl (C=O) groups excluding carboxylic acids is 1. The lowest BCUT2D eigenvalue weighted by atomic mass is 9.96. The van der Waals surface area contributed by atoms with E-state index in [1.54, 1.807) is 36.4 Å². The van der Waals surface area contributed by atoms with Crippen LogP contribution in [0.1, 0.15) is 29.2 Å². The van der Waals surface area contributed by atoms with Crippen molar-refractivity contribution in [2.45, 2.75) is 19.4 Å². The second-order valence-electron chi connectivity index (χ2n) is 5.77. The average Bonchev–Trinajstić information content (AvgIpc) is 2.62. The molecule has 1 amide bonds. The third kappa shape index (κ3) is 4.55. The highest BCUT2D eigenvalue weighted by atomic mass is 16.3. The van der Waals surface area contributed by atoms with Crippen molar-refractivity contribution in [3.05, 3.63) is 82.6 Å². The average molecular weight is 338 g/mol. The van der Waals surface area contributed by atoms with E-state index in [4.69, 9.17) is 5.41 Å². The quantitative estimate of drug-likeness (QED) is 0.370. The molecule has 4 N–H and O–H groups in total. The van der Waals surface area contributed by atoms with Gasteiger partial charge in [0, 0.05) is 19.0 Å². The zero-order valence-corrected chi connectivity index (χ0v) is 14.3. The number of nitrogens with one attached hydrogen (secondary N) is 2. The van der Waals surface area contributed by atoms with Crippen LogP contribution in [0.4, 0.5) is 0 Å². The maximum atomic E-state index is 12.2. The van der Waals surface area contributed by atoms with Gasteiger partial charge < -0.3 is 15.5 Å². The monoisotopic (exact) mass is 338 g/mol. The Kier molecular flexibility index (Phi) is 6.08. The van der Waals surface area contributed by atoms with E-state index in [-0.39, 0.29) is 23.5 Å². The fourth-order valence-electron chi connectivity index (χ4n) is 2.46. The zero-order valence-electron chi connectivity index (χ0n) is 14.3. The Morgan fingerprint density at radius 1 is 1.12 bits per heavy atom. The van der Waals surface area contributed by atoms with E-state index in [0.29, 0.717) is 11.1 Å². The molecule has 0 saturated carbocycles. The van der Waals surface area contributed by atoms with Gasteiger partial charge >= 0.3 is 0 Å². The molecule has 2 aromatic carbocycles. The normalized spacial score (nSPS) is 12.9. The SMILES string of the molecule is CNC(=O)C(C(=N)c1ccc(C)cc1)=C(O)CC(O)c1ccccc1. The summed E-state index contributed by atoms with van der Waals surface area (Å²) in [4.78, 5) is 12.2. The summed E-state index contributed by atoms with van der Waals surface area (Å²) in [5.74, 6) is -0.885. The Bertz CT molecular complexity index is 780. The van der Waals surface area contributed by atoms with E-state index in [0.717, 1.165) is 5.56 Å². The van der Waals surface area contributed by atoms with Crippen LogP contribution >= 0.6 is 0 Å². The lowest BCUT2D eigenvalue weighted by Gasteiger charge is -2.15. The molecule has 1 atom stereocenters. The van der Waals surface area contributed by atoms with Gasteiger partial charge in [0.15, 0.2) is 0 Å². The van der Waals surface area contributed by atoms with Crippen molar-refractivity contribution in [1.29, 1.82) is 5.41 Å². The number of aliphatic hydroxyl groups is 2. The molecular formula is C20H22N2O3. The van der Waals surface area contributed by atoms with Crippen LogP contribution < -0.4 is 5.32 Å². The van der Waals surface area contributed by atoms with E-state index in [1.807, 2.05) is 25.1 Å². The molecular weight excluding hydrogens is 316 g/mol. The summed E-state index contributed by atoms with van der Waals surface area (Å²) in [5, 5.41) is 31.5. The number of hydrogen-bond acceptors (Lipinski definition) is 4. The number of amides is 1. The highest BCUT2D eigenvalue weighted by Crippen LogP contribution is 2.23. The van der Waals surface area contributed by atoms with Crippen molar-refractivity contribution in [3.8, 4) is 0 Å². The third-order valence-electron chi connectivity index (χ3n) is 3.90. The Morgan fingerprint density at radius 3 is 2.28 bits per heavy atom. The molecule has 0 aliphatic carbocycles. The highest BCUT2D eigenvalue weighted by molar-refractivity contribution is 6.27. The molecule has 25 heavy (non-hydrogen) atoms. The van der Waals surface area contributed by atoms with Gasteiger partial charge in [0.05, 0.1) is 11.8 Å². The number of carbonyl (C=O) groups is 1. The molecule has 5 heteroatoms. The van der Waals surface area contributed by atoms with Gasteiger partial charge in [0.2, 0.25) is 0 Å². The number of aliphatic hydroxyl groups excluding tert-OH is 2. The number of hydrogen-bond donors (Lipinski definition) is 4. The van der Waals surface area contributed by atoms with Gasteiger partial charge in [-0.05, 0) is 12.5 Å². The summed E-state index contributed by atoms with van der Waals surface area (Å²) in [5.41, 5.74) is 1.96. The van der Waals surface area contributed by atoms with Crippen molar-refractivity contribution >= 4 is 11.6 Å². The predicted octanol–water partition coefficient (Wildman–Crippen LogP) is 3.04. The summed E-state index contributed by atoms with van der Waals surface area (Å²) < 4.78 is 0. The fraction of sp³-hybridized carbons (Fsp3) is 0.200. The molecule has 5 nitrogen and oxygen atoms in total. The van der Waals surface area contributed by atoms with Crippen LogP contribution in [0.15, 0.2) is 65.9 Å². The van der Waals surface area contributed by atoms with E-state index < -0.39 is 12.0 Å². The maximum Gasteiger partial charge on any atom is 0.256 e. The molecule has 0 aromatic heterocycles. The topological polar surface area (TPSA) is 93.4 Å². The van der Waals surface area contributed by atoms with E-state index in [1.165, 1.54) is 7.05 Å². The Labute approximate surface area is 147 Å². The molecule has 0 saturated heterocycles. The van der Waals surface area contributed by atoms with Crippen LogP contribution in [0.2, 0.25) is 0 Å². The minimum absolute atomic E-state index is 0.0860. The highest BCUT2D eigenvalue weighted by Gasteiger charge is 2.22. The van der Waals surface area contributed by atoms with Crippen LogP contribution in [0.3, 0.4) is 0 Å². The number of rotatable bonds is 6. The van der Waals surface area contributed by atoms with Gasteiger partial charge in [-0.2, -0.15) is 0 Å². The fourth-order valence-corrected chi connectivity index (χ4v) is 2.46. The van der Waals surface area contributed by atoms with E-state index in [9.17, 15) is 15.0 Å². The first kappa shape index (κ1) is 18.4. The smallest absolute Gasteiger partial charge is 0.256 e. The largest absolute Gasteiger partial charge is 0.511 e. The maximum absolute atomic E-state index is 12.2. The minimum atomic E-state index is -0.966. The van der Waals surface area contributed by atoms with E-state index >= 15 is 0 Å². The second kappa shape index (κ2) is 8.26. The van der Waals surface area contributed by atoms with Crippen molar-refractivity contribution in [2.24, 2.45) is 0 Å². The van der Waals surface area contributed by atoms with Crippen LogP contribution in [-0.4, -0.2) is 28.9 Å². The van der Waals surface area contributed by atoms with Crippen molar-refractivity contribution in [2.75, 3.05) is 7.05 Å². The summed E-state index contributed by atoms with van der Waals surface area (Å²) in [6.45, 7) is 1.93. The molecule has 0 spiro atoms. The molecule has 0 bridgehead atoms. The number of likely N-dealkylation sites (N-methyl/N-ethyl adjacent to an activating group) is 1. The summed E-state index contributed by atoms with van der Waals surface area (Å²) >= 11 is 0. The first-order chi connectivity index (χ1) is 11.9. The van der Waals surface area contributed by atoms with Crippen molar-refractivity contribution in [3.63, 3.8) is 0 Å². The zero-order chi connectivity index (χ0) is 18.4. The Balaban J connectivity index is 2.34. The molecule has 0 aliphatic heterocycles. The van der Waals surface area contributed by atoms with E-state index in [2.05, 4.69) is 5.32 Å². The van der Waals surface area contributed by atoms with Crippen LogP contribution in [0, 0.1) is 12.3 Å².